The molecule has 1 saturated heterocycles. The van der Waals surface area contributed by atoms with Crippen molar-refractivity contribution in [2.75, 3.05) is 13.7 Å². The summed E-state index contributed by atoms with van der Waals surface area (Å²) in [5.41, 5.74) is 0.316. The Hall–Kier alpha value is -2.09. The van der Waals surface area contributed by atoms with Crippen LogP contribution in [0.15, 0.2) is 30.3 Å². The molecule has 0 aliphatic carbocycles. The first-order chi connectivity index (χ1) is 13.1. The van der Waals surface area contributed by atoms with Gasteiger partial charge in [0, 0.05) is 11.4 Å². The Balaban J connectivity index is 2.12. The number of rotatable bonds is 5. The van der Waals surface area contributed by atoms with Crippen molar-refractivity contribution in [1.82, 2.24) is 10.2 Å². The molecule has 1 aliphatic rings. The van der Waals surface area contributed by atoms with Gasteiger partial charge in [0.15, 0.2) is 0 Å². The number of halogens is 1. The number of esters is 1. The molecule has 1 fully saturated rings. The van der Waals surface area contributed by atoms with Crippen LogP contribution in [0.25, 0.3) is 0 Å². The van der Waals surface area contributed by atoms with Crippen LogP contribution in [0.2, 0.25) is 0 Å². The molecule has 0 spiro atoms. The van der Waals surface area contributed by atoms with Gasteiger partial charge in [-0.2, -0.15) is 0 Å². The number of carbonyl (C=O) groups is 3. The lowest BCUT2D eigenvalue weighted by Crippen LogP contribution is -2.56. The standard InChI is InChI=1S/C20H27BrN2O5/c1-20(2,3)16(22-19(26)27-4)17(24)23-11-14(21)10-15(23)18(25)28-12-13-8-6-5-7-9-13/h5-9,14-16H,10-12H2,1-4H3,(H,22,26)/t14?,15-,16+/m0/s1. The minimum Gasteiger partial charge on any atom is -0.459 e. The second kappa shape index (κ2) is 9.41. The van der Waals surface area contributed by atoms with E-state index in [0.717, 1.165) is 5.56 Å². The molecule has 0 saturated carbocycles. The van der Waals surface area contributed by atoms with Crippen LogP contribution in [0, 0.1) is 5.41 Å². The zero-order chi connectivity index (χ0) is 20.9. The van der Waals surface area contributed by atoms with E-state index >= 15 is 0 Å². The third-order valence-electron chi connectivity index (χ3n) is 4.59. The van der Waals surface area contributed by atoms with Crippen LogP contribution >= 0.6 is 15.9 Å². The van der Waals surface area contributed by atoms with Gasteiger partial charge in [-0.25, -0.2) is 9.59 Å². The summed E-state index contributed by atoms with van der Waals surface area (Å²) in [6.07, 6.45) is -0.236. The van der Waals surface area contributed by atoms with Crippen molar-refractivity contribution < 1.29 is 23.9 Å². The number of alkyl carbamates (subject to hydrolysis) is 1. The molecule has 1 aromatic rings. The maximum absolute atomic E-state index is 13.2. The summed E-state index contributed by atoms with van der Waals surface area (Å²) in [4.78, 5) is 39.1. The summed E-state index contributed by atoms with van der Waals surface area (Å²) in [5, 5.41) is 2.60. The Bertz CT molecular complexity index is 704. The van der Waals surface area contributed by atoms with Gasteiger partial charge >= 0.3 is 12.1 Å². The number of hydrogen-bond acceptors (Lipinski definition) is 5. The zero-order valence-electron chi connectivity index (χ0n) is 16.6. The van der Waals surface area contributed by atoms with Crippen LogP contribution in [-0.2, 0) is 25.7 Å². The van der Waals surface area contributed by atoms with Gasteiger partial charge in [-0.3, -0.25) is 4.79 Å². The molecule has 1 unspecified atom stereocenters. The number of carbonyl (C=O) groups excluding carboxylic acids is 3. The van der Waals surface area contributed by atoms with Crippen molar-refractivity contribution in [1.29, 1.82) is 0 Å². The Morgan fingerprint density at radius 1 is 1.25 bits per heavy atom. The molecule has 1 aliphatic heterocycles. The fraction of sp³-hybridized carbons (Fsp3) is 0.550. The second-order valence-electron chi connectivity index (χ2n) is 7.87. The second-order valence-corrected chi connectivity index (χ2v) is 9.16. The van der Waals surface area contributed by atoms with Crippen LogP contribution in [-0.4, -0.2) is 53.4 Å². The molecule has 154 valence electrons. The quantitative estimate of drug-likeness (QED) is 0.545. The van der Waals surface area contributed by atoms with Crippen LogP contribution in [0.5, 0.6) is 0 Å². The molecular formula is C20H27BrN2O5. The van der Waals surface area contributed by atoms with Crippen LogP contribution < -0.4 is 5.32 Å². The molecule has 8 heteroatoms. The van der Waals surface area contributed by atoms with Gasteiger partial charge in [-0.05, 0) is 17.4 Å². The molecule has 2 amide bonds. The molecule has 1 heterocycles. The number of nitrogens with zero attached hydrogens (tertiary/aromatic N) is 1. The number of likely N-dealkylation sites (tertiary alicyclic amines) is 1. The van der Waals surface area contributed by atoms with E-state index in [-0.39, 0.29) is 17.3 Å². The van der Waals surface area contributed by atoms with Crippen molar-refractivity contribution in [3.63, 3.8) is 0 Å². The van der Waals surface area contributed by atoms with E-state index in [1.165, 1.54) is 12.0 Å². The maximum atomic E-state index is 13.2. The summed E-state index contributed by atoms with van der Waals surface area (Å²) < 4.78 is 10.1. The molecular weight excluding hydrogens is 428 g/mol. The van der Waals surface area contributed by atoms with Crippen LogP contribution in [0.4, 0.5) is 4.79 Å². The average molecular weight is 455 g/mol. The Kier molecular flexibility index (Phi) is 7.46. The van der Waals surface area contributed by atoms with Crippen molar-refractivity contribution >= 4 is 33.9 Å². The molecule has 28 heavy (non-hydrogen) atoms. The predicted molar refractivity (Wildman–Crippen MR) is 108 cm³/mol. The Morgan fingerprint density at radius 2 is 1.89 bits per heavy atom. The largest absolute Gasteiger partial charge is 0.459 e. The molecule has 3 atom stereocenters. The summed E-state index contributed by atoms with van der Waals surface area (Å²) in [7, 11) is 1.24. The number of nitrogens with one attached hydrogen (secondary N) is 1. The SMILES string of the molecule is COC(=O)N[C@H](C(=O)N1CC(Br)C[C@H]1C(=O)OCc1ccccc1)C(C)(C)C. The van der Waals surface area contributed by atoms with Crippen LogP contribution in [0.3, 0.4) is 0 Å². The highest BCUT2D eigenvalue weighted by Gasteiger charge is 2.45. The van der Waals surface area contributed by atoms with Crippen molar-refractivity contribution in [2.45, 2.75) is 50.7 Å². The molecule has 1 N–H and O–H groups in total. The summed E-state index contributed by atoms with van der Waals surface area (Å²) in [5.74, 6) is -0.786. The van der Waals surface area contributed by atoms with Crippen molar-refractivity contribution in [2.24, 2.45) is 5.41 Å². The van der Waals surface area contributed by atoms with E-state index in [9.17, 15) is 14.4 Å². The molecule has 0 bridgehead atoms. The van der Waals surface area contributed by atoms with E-state index < -0.39 is 29.6 Å². The topological polar surface area (TPSA) is 84.9 Å². The van der Waals surface area contributed by atoms with Crippen LogP contribution in [0.1, 0.15) is 32.8 Å². The average Bonchev–Trinajstić information content (AvgIpc) is 3.05. The van der Waals surface area contributed by atoms with E-state index in [4.69, 9.17) is 4.74 Å². The Labute approximate surface area is 173 Å². The van der Waals surface area contributed by atoms with Crippen molar-refractivity contribution in [3.8, 4) is 0 Å². The summed E-state index contributed by atoms with van der Waals surface area (Å²) >= 11 is 3.50. The number of hydrogen-bond donors (Lipinski definition) is 1. The van der Waals surface area contributed by atoms with E-state index in [1.54, 1.807) is 0 Å². The molecule has 1 aromatic carbocycles. The molecule has 0 aromatic heterocycles. The predicted octanol–water partition coefficient (Wildman–Crippen LogP) is 2.86. The lowest BCUT2D eigenvalue weighted by atomic mass is 9.85. The van der Waals surface area contributed by atoms with E-state index in [2.05, 4.69) is 26.0 Å². The number of alkyl halides is 1. The number of amides is 2. The highest BCUT2D eigenvalue weighted by Crippen LogP contribution is 2.29. The van der Waals surface area contributed by atoms with E-state index in [1.807, 2.05) is 51.1 Å². The maximum Gasteiger partial charge on any atom is 0.407 e. The normalized spacial score (nSPS) is 20.4. The Morgan fingerprint density at radius 3 is 2.46 bits per heavy atom. The lowest BCUT2D eigenvalue weighted by molar-refractivity contribution is -0.155. The highest BCUT2D eigenvalue weighted by molar-refractivity contribution is 9.09. The zero-order valence-corrected chi connectivity index (χ0v) is 18.2. The fourth-order valence-corrected chi connectivity index (χ4v) is 3.73. The van der Waals surface area contributed by atoms with E-state index in [0.29, 0.717) is 13.0 Å². The van der Waals surface area contributed by atoms with Gasteiger partial charge in [-0.1, -0.05) is 67.0 Å². The van der Waals surface area contributed by atoms with Gasteiger partial charge in [-0.15, -0.1) is 0 Å². The van der Waals surface area contributed by atoms with Gasteiger partial charge in [0.25, 0.3) is 0 Å². The van der Waals surface area contributed by atoms with Gasteiger partial charge in [0.1, 0.15) is 18.7 Å². The minimum atomic E-state index is -0.831. The molecule has 0 radical (unpaired) electrons. The summed E-state index contributed by atoms with van der Waals surface area (Å²) in [6.45, 7) is 6.04. The van der Waals surface area contributed by atoms with Gasteiger partial charge in [0.05, 0.1) is 7.11 Å². The lowest BCUT2D eigenvalue weighted by Gasteiger charge is -2.34. The number of benzene rings is 1. The first-order valence-corrected chi connectivity index (χ1v) is 10.0. The summed E-state index contributed by atoms with van der Waals surface area (Å²) in [6, 6.07) is 7.83. The first-order valence-electron chi connectivity index (χ1n) is 9.13. The fourth-order valence-electron chi connectivity index (χ4n) is 3.07. The first kappa shape index (κ1) is 22.2. The monoisotopic (exact) mass is 454 g/mol. The van der Waals surface area contributed by atoms with Gasteiger partial charge < -0.3 is 19.7 Å². The smallest absolute Gasteiger partial charge is 0.407 e. The number of methoxy groups -OCH3 is 1. The number of ether oxygens (including phenoxy) is 2. The van der Waals surface area contributed by atoms with Crippen molar-refractivity contribution in [3.05, 3.63) is 35.9 Å². The molecule has 7 nitrogen and oxygen atoms in total. The minimum absolute atomic E-state index is 0.0236. The third-order valence-corrected chi connectivity index (χ3v) is 5.25. The third kappa shape index (κ3) is 5.70. The van der Waals surface area contributed by atoms with Gasteiger partial charge in [0.2, 0.25) is 5.91 Å². The molecule has 2 rings (SSSR count). The highest BCUT2D eigenvalue weighted by atomic mass is 79.9.